The summed E-state index contributed by atoms with van der Waals surface area (Å²) in [6, 6.07) is 16.4. The summed E-state index contributed by atoms with van der Waals surface area (Å²) >= 11 is 1.64. The number of aromatic nitrogens is 1. The first-order valence-corrected chi connectivity index (χ1v) is 11.4. The molecule has 0 saturated heterocycles. The summed E-state index contributed by atoms with van der Waals surface area (Å²) in [7, 11) is 3.78. The van der Waals surface area contributed by atoms with Crippen LogP contribution in [-0.4, -0.2) is 47.9 Å². The van der Waals surface area contributed by atoms with Crippen LogP contribution >= 0.6 is 11.8 Å². The van der Waals surface area contributed by atoms with Crippen molar-refractivity contribution in [2.24, 2.45) is 0 Å². The Bertz CT molecular complexity index is 1040. The third kappa shape index (κ3) is 7.61. The lowest BCUT2D eigenvalue weighted by Gasteiger charge is -2.25. The van der Waals surface area contributed by atoms with Crippen LogP contribution in [0.3, 0.4) is 0 Å². The summed E-state index contributed by atoms with van der Waals surface area (Å²) in [6.07, 6.45) is -0.866. The molecule has 8 heteroatoms. The fourth-order valence-corrected chi connectivity index (χ4v) is 4.00. The number of rotatable bonds is 9. The number of hydrogen-bond donors (Lipinski definition) is 0. The van der Waals surface area contributed by atoms with Crippen LogP contribution in [0, 0.1) is 0 Å². The predicted molar refractivity (Wildman–Crippen MR) is 125 cm³/mol. The molecule has 0 radical (unpaired) electrons. The number of thioether (sulfide) groups is 1. The molecule has 3 aromatic rings. The van der Waals surface area contributed by atoms with Gasteiger partial charge in [0.05, 0.1) is 5.56 Å². The normalized spacial score (nSPS) is 11.6. The Morgan fingerprint density at radius 2 is 1.70 bits per heavy atom. The van der Waals surface area contributed by atoms with Crippen LogP contribution in [0.25, 0.3) is 0 Å². The van der Waals surface area contributed by atoms with Crippen molar-refractivity contribution in [2.75, 3.05) is 27.2 Å². The second-order valence-corrected chi connectivity index (χ2v) is 8.95. The van der Waals surface area contributed by atoms with E-state index < -0.39 is 11.7 Å². The van der Waals surface area contributed by atoms with Crippen LogP contribution in [0.1, 0.15) is 27.0 Å². The van der Waals surface area contributed by atoms with E-state index in [4.69, 9.17) is 0 Å². The molecule has 0 fully saturated rings. The molecule has 1 heterocycles. The first kappa shape index (κ1) is 24.8. The molecule has 33 heavy (non-hydrogen) atoms. The first-order chi connectivity index (χ1) is 15.7. The SMILES string of the molecule is CN(C)CCN(Cc1cccc(C(F)(F)F)c1)C(=O)c1ccc(SCc2cccnc2)cc1. The number of likely N-dealkylation sites (N-methyl/N-ethyl adjacent to an activating group) is 1. The zero-order valence-electron chi connectivity index (χ0n) is 18.5. The lowest BCUT2D eigenvalue weighted by molar-refractivity contribution is -0.137. The zero-order chi connectivity index (χ0) is 23.8. The van der Waals surface area contributed by atoms with Crippen molar-refractivity contribution < 1.29 is 18.0 Å². The van der Waals surface area contributed by atoms with Crippen molar-refractivity contribution in [3.05, 3.63) is 95.3 Å². The molecule has 0 saturated carbocycles. The minimum atomic E-state index is -4.42. The van der Waals surface area contributed by atoms with Crippen LogP contribution < -0.4 is 0 Å². The molecule has 0 aliphatic rings. The number of nitrogens with zero attached hydrogens (tertiary/aromatic N) is 3. The molecule has 1 amide bonds. The summed E-state index contributed by atoms with van der Waals surface area (Å²) in [6.45, 7) is 1.11. The second kappa shape index (κ2) is 11.3. The van der Waals surface area contributed by atoms with Crippen molar-refractivity contribution in [1.29, 1.82) is 0 Å². The highest BCUT2D eigenvalue weighted by molar-refractivity contribution is 7.98. The molecule has 0 N–H and O–H groups in total. The van der Waals surface area contributed by atoms with Gasteiger partial charge in [0.25, 0.3) is 5.91 Å². The highest BCUT2D eigenvalue weighted by atomic mass is 32.2. The quantitative estimate of drug-likeness (QED) is 0.379. The third-order valence-corrected chi connectivity index (χ3v) is 6.04. The van der Waals surface area contributed by atoms with E-state index in [2.05, 4.69) is 4.98 Å². The van der Waals surface area contributed by atoms with Crippen LogP contribution in [-0.2, 0) is 18.5 Å². The van der Waals surface area contributed by atoms with Crippen molar-refractivity contribution in [2.45, 2.75) is 23.4 Å². The van der Waals surface area contributed by atoms with E-state index in [-0.39, 0.29) is 12.5 Å². The van der Waals surface area contributed by atoms with Crippen LogP contribution in [0.4, 0.5) is 13.2 Å². The Labute approximate surface area is 196 Å². The molecule has 174 valence electrons. The molecule has 0 bridgehead atoms. The van der Waals surface area contributed by atoms with Crippen molar-refractivity contribution in [1.82, 2.24) is 14.8 Å². The molecule has 0 unspecified atom stereocenters. The van der Waals surface area contributed by atoms with Gasteiger partial charge in [-0.3, -0.25) is 9.78 Å². The Balaban J connectivity index is 1.72. The molecule has 4 nitrogen and oxygen atoms in total. The van der Waals surface area contributed by atoms with E-state index in [1.807, 2.05) is 49.5 Å². The zero-order valence-corrected chi connectivity index (χ0v) is 19.4. The van der Waals surface area contributed by atoms with Gasteiger partial charge in [-0.1, -0.05) is 18.2 Å². The third-order valence-electron chi connectivity index (χ3n) is 4.96. The van der Waals surface area contributed by atoms with Gasteiger partial charge in [-0.2, -0.15) is 13.2 Å². The average Bonchev–Trinajstić information content (AvgIpc) is 2.80. The van der Waals surface area contributed by atoms with Gasteiger partial charge >= 0.3 is 6.18 Å². The van der Waals surface area contributed by atoms with Gasteiger partial charge in [0.2, 0.25) is 0 Å². The lowest BCUT2D eigenvalue weighted by atomic mass is 10.1. The standard InChI is InChI=1S/C25H26F3N3OS/c1-30(2)13-14-31(17-19-5-3-7-22(15-19)25(26,27)28)24(32)21-8-10-23(11-9-21)33-18-20-6-4-12-29-16-20/h3-12,15-16H,13-14,17-18H2,1-2H3. The Morgan fingerprint density at radius 3 is 2.33 bits per heavy atom. The van der Waals surface area contributed by atoms with E-state index in [0.717, 1.165) is 28.3 Å². The molecule has 3 rings (SSSR count). The molecule has 0 aliphatic carbocycles. The highest BCUT2D eigenvalue weighted by Crippen LogP contribution is 2.30. The maximum atomic E-state index is 13.2. The van der Waals surface area contributed by atoms with Crippen molar-refractivity contribution >= 4 is 17.7 Å². The second-order valence-electron chi connectivity index (χ2n) is 7.90. The monoisotopic (exact) mass is 473 g/mol. The van der Waals surface area contributed by atoms with E-state index in [1.165, 1.54) is 6.07 Å². The Morgan fingerprint density at radius 1 is 0.970 bits per heavy atom. The van der Waals surface area contributed by atoms with Crippen molar-refractivity contribution in [3.8, 4) is 0 Å². The topological polar surface area (TPSA) is 36.4 Å². The molecule has 0 spiro atoms. The number of alkyl halides is 3. The summed E-state index contributed by atoms with van der Waals surface area (Å²) in [5.74, 6) is 0.559. The van der Waals surface area contributed by atoms with Gasteiger partial charge in [-0.15, -0.1) is 11.8 Å². The maximum Gasteiger partial charge on any atom is 0.416 e. The molecule has 0 aliphatic heterocycles. The molecular weight excluding hydrogens is 447 g/mol. The van der Waals surface area contributed by atoms with Crippen LogP contribution in [0.5, 0.6) is 0 Å². The lowest BCUT2D eigenvalue weighted by Crippen LogP contribution is -2.36. The van der Waals surface area contributed by atoms with E-state index in [0.29, 0.717) is 24.2 Å². The molecule has 0 atom stereocenters. The average molecular weight is 474 g/mol. The number of amides is 1. The van der Waals surface area contributed by atoms with Gasteiger partial charge in [-0.25, -0.2) is 0 Å². The van der Waals surface area contributed by atoms with E-state index in [9.17, 15) is 18.0 Å². The fourth-order valence-electron chi connectivity index (χ4n) is 3.17. The maximum absolute atomic E-state index is 13.2. The van der Waals surface area contributed by atoms with E-state index in [1.54, 1.807) is 41.1 Å². The smallest absolute Gasteiger partial charge is 0.333 e. The summed E-state index contributed by atoms with van der Waals surface area (Å²) in [5, 5.41) is 0. The summed E-state index contributed by atoms with van der Waals surface area (Å²) in [5.41, 5.74) is 1.35. The number of carbonyl (C=O) groups excluding carboxylic acids is 1. The highest BCUT2D eigenvalue weighted by Gasteiger charge is 2.30. The minimum Gasteiger partial charge on any atom is -0.333 e. The van der Waals surface area contributed by atoms with Crippen LogP contribution in [0.15, 0.2) is 78.0 Å². The number of pyridine rings is 1. The number of halogens is 3. The van der Waals surface area contributed by atoms with E-state index >= 15 is 0 Å². The molecule has 2 aromatic carbocycles. The van der Waals surface area contributed by atoms with Gasteiger partial charge in [0.1, 0.15) is 0 Å². The summed E-state index contributed by atoms with van der Waals surface area (Å²) < 4.78 is 39.3. The van der Waals surface area contributed by atoms with Gasteiger partial charge < -0.3 is 9.80 Å². The minimum absolute atomic E-state index is 0.105. The summed E-state index contributed by atoms with van der Waals surface area (Å²) in [4.78, 5) is 21.9. The van der Waals surface area contributed by atoms with Crippen molar-refractivity contribution in [3.63, 3.8) is 0 Å². The van der Waals surface area contributed by atoms with Crippen LogP contribution in [0.2, 0.25) is 0 Å². The first-order valence-electron chi connectivity index (χ1n) is 10.4. The van der Waals surface area contributed by atoms with Gasteiger partial charge in [-0.05, 0) is 67.7 Å². The molecular formula is C25H26F3N3OS. The Kier molecular flexibility index (Phi) is 8.52. The molecule has 1 aromatic heterocycles. The number of hydrogen-bond acceptors (Lipinski definition) is 4. The predicted octanol–water partition coefficient (Wildman–Crippen LogP) is 5.60. The number of benzene rings is 2. The van der Waals surface area contributed by atoms with Gasteiger partial charge in [0, 0.05) is 48.2 Å². The largest absolute Gasteiger partial charge is 0.416 e. The van der Waals surface area contributed by atoms with Gasteiger partial charge in [0.15, 0.2) is 0 Å². The Hall–Kier alpha value is -2.84. The fraction of sp³-hybridized carbons (Fsp3) is 0.280. The number of carbonyl (C=O) groups is 1.